The van der Waals surface area contributed by atoms with Crippen molar-refractivity contribution in [1.29, 1.82) is 0 Å². The number of hydrogen-bond acceptors (Lipinski definition) is 10. The first-order valence-electron chi connectivity index (χ1n) is 5.69. The van der Waals surface area contributed by atoms with Crippen LogP contribution >= 0.6 is 0 Å². The van der Waals surface area contributed by atoms with Crippen molar-refractivity contribution in [3.05, 3.63) is 0 Å². The number of hydrogen-bond donors (Lipinski definition) is 0. The van der Waals surface area contributed by atoms with E-state index in [-0.39, 0.29) is 19.8 Å². The minimum atomic E-state index is -4.19. The Balaban J connectivity index is 1.79. The van der Waals surface area contributed by atoms with Crippen LogP contribution in [0, 0.1) is 5.92 Å². The summed E-state index contributed by atoms with van der Waals surface area (Å²) >= 11 is 0. The predicted octanol–water partition coefficient (Wildman–Crippen LogP) is -0.666. The molecule has 3 heterocycles. The molecule has 3 aliphatic heterocycles. The molecular formula is C9H10O10S. The van der Waals surface area contributed by atoms with Gasteiger partial charge in [0.25, 0.3) is 0 Å². The van der Waals surface area contributed by atoms with Crippen LogP contribution in [0.2, 0.25) is 0 Å². The molecule has 0 saturated carbocycles. The zero-order chi connectivity index (χ0) is 14.3. The molecule has 112 valence electrons. The van der Waals surface area contributed by atoms with Gasteiger partial charge in [-0.3, -0.25) is 0 Å². The highest BCUT2D eigenvalue weighted by Gasteiger charge is 2.50. The molecule has 10 nitrogen and oxygen atoms in total. The van der Waals surface area contributed by atoms with Crippen LogP contribution in [-0.2, 0) is 37.7 Å². The van der Waals surface area contributed by atoms with E-state index in [1.54, 1.807) is 0 Å². The van der Waals surface area contributed by atoms with E-state index in [9.17, 15) is 18.0 Å². The van der Waals surface area contributed by atoms with Crippen molar-refractivity contribution in [3.63, 3.8) is 0 Å². The molecule has 0 spiro atoms. The maximum absolute atomic E-state index is 11.4. The minimum absolute atomic E-state index is 0.0612. The largest absolute Gasteiger partial charge is 0.508 e. The molecule has 4 unspecified atom stereocenters. The molecule has 0 amide bonds. The van der Waals surface area contributed by atoms with Gasteiger partial charge in [0, 0.05) is 0 Å². The average molecular weight is 310 g/mol. The molecule has 3 rings (SSSR count). The van der Waals surface area contributed by atoms with E-state index < -0.39 is 46.9 Å². The quantitative estimate of drug-likeness (QED) is 0.606. The zero-order valence-electron chi connectivity index (χ0n) is 9.92. The lowest BCUT2D eigenvalue weighted by Crippen LogP contribution is -2.50. The Morgan fingerprint density at radius 2 is 1.50 bits per heavy atom. The molecule has 3 fully saturated rings. The van der Waals surface area contributed by atoms with Gasteiger partial charge >= 0.3 is 22.7 Å². The van der Waals surface area contributed by atoms with Gasteiger partial charge in [0.15, 0.2) is 6.10 Å². The van der Waals surface area contributed by atoms with Gasteiger partial charge in [-0.05, 0) is 0 Å². The molecule has 0 radical (unpaired) electrons. The summed E-state index contributed by atoms with van der Waals surface area (Å²) in [4.78, 5) is 21.9. The zero-order valence-corrected chi connectivity index (χ0v) is 10.7. The first-order chi connectivity index (χ1) is 9.44. The number of cyclic esters (lactones) is 4. The Morgan fingerprint density at radius 1 is 0.900 bits per heavy atom. The first-order valence-corrected chi connectivity index (χ1v) is 7.02. The normalized spacial score (nSPS) is 39.6. The Labute approximate surface area is 113 Å². The molecule has 0 aromatic rings. The van der Waals surface area contributed by atoms with E-state index in [0.29, 0.717) is 0 Å². The van der Waals surface area contributed by atoms with Gasteiger partial charge in [-0.1, -0.05) is 0 Å². The summed E-state index contributed by atoms with van der Waals surface area (Å²) in [6, 6.07) is 0. The van der Waals surface area contributed by atoms with E-state index >= 15 is 0 Å². The fraction of sp³-hybridized carbons (Fsp3) is 0.778. The highest BCUT2D eigenvalue weighted by Crippen LogP contribution is 2.31. The topological polar surface area (TPSA) is 124 Å². The molecule has 3 saturated heterocycles. The lowest BCUT2D eigenvalue weighted by molar-refractivity contribution is -0.0686. The van der Waals surface area contributed by atoms with Crippen molar-refractivity contribution in [1.82, 2.24) is 0 Å². The third-order valence-corrected chi connectivity index (χ3v) is 4.01. The fourth-order valence-corrected chi connectivity index (χ4v) is 3.12. The SMILES string of the molecule is O=C1OCC(C2COS(=O)(=O)OC2C2COC(=O)O2)O1. The van der Waals surface area contributed by atoms with Crippen molar-refractivity contribution >= 4 is 22.7 Å². The maximum atomic E-state index is 11.4. The number of carbonyl (C=O) groups is 2. The summed E-state index contributed by atoms with van der Waals surface area (Å²) in [5.74, 6) is -0.663. The Hall–Kier alpha value is -1.59. The molecule has 4 atom stereocenters. The standard InChI is InChI=1S/C9H10O10S/c10-8-14-2-5(17-8)4-1-16-20(12,13)19-7(4)6-3-15-9(11)18-6/h4-7H,1-3H2. The summed E-state index contributed by atoms with van der Waals surface area (Å²) in [5, 5.41) is 0. The van der Waals surface area contributed by atoms with Crippen LogP contribution in [-0.4, -0.2) is 58.9 Å². The number of carbonyl (C=O) groups excluding carboxylic acids is 2. The maximum Gasteiger partial charge on any atom is 0.508 e. The first kappa shape index (κ1) is 13.4. The summed E-state index contributed by atoms with van der Waals surface area (Å²) in [5.41, 5.74) is 0. The fourth-order valence-electron chi connectivity index (χ4n) is 2.21. The van der Waals surface area contributed by atoms with Gasteiger partial charge < -0.3 is 18.9 Å². The minimum Gasteiger partial charge on any atom is -0.430 e. The van der Waals surface area contributed by atoms with Crippen molar-refractivity contribution < 1.29 is 45.3 Å². The Bertz CT molecular complexity index is 527. The molecule has 0 aromatic heterocycles. The molecular weight excluding hydrogens is 300 g/mol. The second-order valence-electron chi connectivity index (χ2n) is 4.35. The summed E-state index contributed by atoms with van der Waals surface area (Å²) < 4.78 is 51.1. The third-order valence-electron chi connectivity index (χ3n) is 3.13. The van der Waals surface area contributed by atoms with Crippen LogP contribution in [0.25, 0.3) is 0 Å². The van der Waals surface area contributed by atoms with E-state index in [4.69, 9.17) is 13.7 Å². The molecule has 0 aromatic carbocycles. The van der Waals surface area contributed by atoms with E-state index in [2.05, 4.69) is 13.7 Å². The van der Waals surface area contributed by atoms with E-state index in [1.165, 1.54) is 0 Å². The summed E-state index contributed by atoms with van der Waals surface area (Å²) in [6.07, 6.45) is -4.52. The molecule has 3 aliphatic rings. The van der Waals surface area contributed by atoms with Crippen molar-refractivity contribution in [3.8, 4) is 0 Å². The summed E-state index contributed by atoms with van der Waals surface area (Å²) in [6.45, 7) is -0.492. The van der Waals surface area contributed by atoms with Crippen molar-refractivity contribution in [2.24, 2.45) is 5.92 Å². The van der Waals surface area contributed by atoms with E-state index in [1.807, 2.05) is 0 Å². The van der Waals surface area contributed by atoms with Crippen LogP contribution in [0.5, 0.6) is 0 Å². The lowest BCUT2D eigenvalue weighted by atomic mass is 9.93. The van der Waals surface area contributed by atoms with Crippen LogP contribution < -0.4 is 0 Å². The predicted molar refractivity (Wildman–Crippen MR) is 55.7 cm³/mol. The molecule has 0 N–H and O–H groups in total. The van der Waals surface area contributed by atoms with Crippen LogP contribution in [0.4, 0.5) is 9.59 Å². The lowest BCUT2D eigenvalue weighted by Gasteiger charge is -2.33. The highest BCUT2D eigenvalue weighted by molar-refractivity contribution is 7.81. The van der Waals surface area contributed by atoms with Crippen molar-refractivity contribution in [2.45, 2.75) is 18.3 Å². The number of rotatable bonds is 2. The van der Waals surface area contributed by atoms with Gasteiger partial charge in [-0.15, -0.1) is 0 Å². The highest BCUT2D eigenvalue weighted by atomic mass is 32.3. The molecule has 20 heavy (non-hydrogen) atoms. The summed E-state index contributed by atoms with van der Waals surface area (Å²) in [7, 11) is -4.19. The van der Waals surface area contributed by atoms with Gasteiger partial charge in [0.1, 0.15) is 25.4 Å². The number of ether oxygens (including phenoxy) is 4. The van der Waals surface area contributed by atoms with Crippen LogP contribution in [0.15, 0.2) is 0 Å². The van der Waals surface area contributed by atoms with Crippen LogP contribution in [0.1, 0.15) is 0 Å². The Morgan fingerprint density at radius 3 is 2.05 bits per heavy atom. The van der Waals surface area contributed by atoms with Crippen LogP contribution in [0.3, 0.4) is 0 Å². The van der Waals surface area contributed by atoms with Gasteiger partial charge in [0.2, 0.25) is 0 Å². The second kappa shape index (κ2) is 4.75. The van der Waals surface area contributed by atoms with Gasteiger partial charge in [-0.25, -0.2) is 18.0 Å². The Kier molecular flexibility index (Phi) is 3.18. The second-order valence-corrected chi connectivity index (χ2v) is 5.60. The van der Waals surface area contributed by atoms with Gasteiger partial charge in [-0.2, -0.15) is 8.42 Å². The van der Waals surface area contributed by atoms with E-state index in [0.717, 1.165) is 0 Å². The third kappa shape index (κ3) is 2.51. The molecule has 0 aliphatic carbocycles. The van der Waals surface area contributed by atoms with Crippen molar-refractivity contribution in [2.75, 3.05) is 19.8 Å². The van der Waals surface area contributed by atoms with Gasteiger partial charge in [0.05, 0.1) is 12.5 Å². The molecule has 11 heteroatoms. The monoisotopic (exact) mass is 310 g/mol. The smallest absolute Gasteiger partial charge is 0.430 e. The molecule has 0 bridgehead atoms. The average Bonchev–Trinajstić information content (AvgIpc) is 2.97.